The number of rotatable bonds is 8. The highest BCUT2D eigenvalue weighted by Crippen LogP contribution is 2.27. The van der Waals surface area contributed by atoms with Gasteiger partial charge in [-0.2, -0.15) is 0 Å². The maximum absolute atomic E-state index is 12.9. The van der Waals surface area contributed by atoms with Crippen molar-refractivity contribution in [3.05, 3.63) is 64.4 Å². The first-order chi connectivity index (χ1) is 12.7. The van der Waals surface area contributed by atoms with Gasteiger partial charge in [0.1, 0.15) is 5.75 Å². The molecule has 0 radical (unpaired) electrons. The second kappa shape index (κ2) is 8.87. The van der Waals surface area contributed by atoms with Gasteiger partial charge in [-0.25, -0.2) is 4.98 Å². The Hall–Kier alpha value is -2.31. The predicted octanol–water partition coefficient (Wildman–Crippen LogP) is 3.73. The molecule has 0 aliphatic rings. The molecule has 0 saturated carbocycles. The summed E-state index contributed by atoms with van der Waals surface area (Å²) in [5.41, 5.74) is 1.76. The van der Waals surface area contributed by atoms with Crippen molar-refractivity contribution in [1.82, 2.24) is 9.55 Å². The van der Waals surface area contributed by atoms with Crippen molar-refractivity contribution in [2.24, 2.45) is 0 Å². The third kappa shape index (κ3) is 4.08. The molecular formula is C20H22N2O3S. The van der Waals surface area contributed by atoms with E-state index in [9.17, 15) is 4.79 Å². The van der Waals surface area contributed by atoms with Gasteiger partial charge in [0, 0.05) is 18.4 Å². The van der Waals surface area contributed by atoms with Gasteiger partial charge in [0.15, 0.2) is 5.16 Å². The van der Waals surface area contributed by atoms with Gasteiger partial charge in [-0.1, -0.05) is 42.1 Å². The molecule has 0 bridgehead atoms. The van der Waals surface area contributed by atoms with E-state index in [0.29, 0.717) is 41.6 Å². The first kappa shape index (κ1) is 18.5. The second-order valence-corrected chi connectivity index (χ2v) is 6.63. The van der Waals surface area contributed by atoms with E-state index in [1.165, 1.54) is 11.8 Å². The van der Waals surface area contributed by atoms with Crippen LogP contribution in [0.5, 0.6) is 5.75 Å². The maximum Gasteiger partial charge on any atom is 0.262 e. The third-order valence-corrected chi connectivity index (χ3v) is 5.00. The SMILES string of the molecule is CCOc1ccccc1CSc1nc2ccccc2c(=O)n1CCOC. The Morgan fingerprint density at radius 1 is 1.12 bits per heavy atom. The normalized spacial score (nSPS) is 11.0. The summed E-state index contributed by atoms with van der Waals surface area (Å²) < 4.78 is 12.6. The first-order valence-corrected chi connectivity index (χ1v) is 9.55. The minimum absolute atomic E-state index is 0.0340. The number of methoxy groups -OCH3 is 1. The molecule has 0 unspecified atom stereocenters. The summed E-state index contributed by atoms with van der Waals surface area (Å²) in [6.45, 7) is 3.53. The molecule has 3 rings (SSSR count). The zero-order valence-corrected chi connectivity index (χ0v) is 15.8. The number of para-hydroxylation sites is 2. The number of aromatic nitrogens is 2. The van der Waals surface area contributed by atoms with Gasteiger partial charge in [0.25, 0.3) is 5.56 Å². The first-order valence-electron chi connectivity index (χ1n) is 8.56. The third-order valence-electron chi connectivity index (χ3n) is 3.97. The number of nitrogens with zero attached hydrogens (tertiary/aromatic N) is 2. The Morgan fingerprint density at radius 3 is 2.69 bits per heavy atom. The summed E-state index contributed by atoms with van der Waals surface area (Å²) in [4.78, 5) is 17.6. The number of thioether (sulfide) groups is 1. The van der Waals surface area contributed by atoms with Gasteiger partial charge in [-0.3, -0.25) is 9.36 Å². The van der Waals surface area contributed by atoms with Gasteiger partial charge in [0.2, 0.25) is 0 Å². The molecule has 0 amide bonds. The zero-order valence-electron chi connectivity index (χ0n) is 15.0. The summed E-state index contributed by atoms with van der Waals surface area (Å²) in [6, 6.07) is 15.4. The number of hydrogen-bond acceptors (Lipinski definition) is 5. The Balaban J connectivity index is 1.95. The fraction of sp³-hybridized carbons (Fsp3) is 0.300. The maximum atomic E-state index is 12.9. The Morgan fingerprint density at radius 2 is 1.88 bits per heavy atom. The van der Waals surface area contributed by atoms with Crippen molar-refractivity contribution < 1.29 is 9.47 Å². The van der Waals surface area contributed by atoms with Gasteiger partial charge in [-0.15, -0.1) is 0 Å². The Bertz CT molecular complexity index is 940. The molecule has 0 spiro atoms. The van der Waals surface area contributed by atoms with E-state index in [-0.39, 0.29) is 5.56 Å². The van der Waals surface area contributed by atoms with E-state index in [2.05, 4.69) is 0 Å². The van der Waals surface area contributed by atoms with E-state index in [4.69, 9.17) is 14.5 Å². The molecule has 1 aromatic heterocycles. The van der Waals surface area contributed by atoms with Crippen LogP contribution >= 0.6 is 11.8 Å². The highest BCUT2D eigenvalue weighted by molar-refractivity contribution is 7.98. The molecule has 2 aromatic carbocycles. The van der Waals surface area contributed by atoms with Gasteiger partial charge in [-0.05, 0) is 25.1 Å². The average molecular weight is 370 g/mol. The van der Waals surface area contributed by atoms with Crippen LogP contribution in [-0.2, 0) is 17.0 Å². The number of hydrogen-bond donors (Lipinski definition) is 0. The largest absolute Gasteiger partial charge is 0.494 e. The molecular weight excluding hydrogens is 348 g/mol. The van der Waals surface area contributed by atoms with Crippen molar-refractivity contribution in [3.63, 3.8) is 0 Å². The van der Waals surface area contributed by atoms with Crippen molar-refractivity contribution in [3.8, 4) is 5.75 Å². The lowest BCUT2D eigenvalue weighted by atomic mass is 10.2. The van der Waals surface area contributed by atoms with Crippen molar-refractivity contribution >= 4 is 22.7 Å². The van der Waals surface area contributed by atoms with Crippen LogP contribution in [0.2, 0.25) is 0 Å². The van der Waals surface area contributed by atoms with Crippen molar-refractivity contribution in [1.29, 1.82) is 0 Å². The minimum atomic E-state index is -0.0340. The van der Waals surface area contributed by atoms with E-state index in [0.717, 1.165) is 11.3 Å². The van der Waals surface area contributed by atoms with Gasteiger partial charge in [0.05, 0.1) is 30.7 Å². The monoisotopic (exact) mass is 370 g/mol. The molecule has 0 N–H and O–H groups in total. The van der Waals surface area contributed by atoms with Gasteiger partial charge >= 0.3 is 0 Å². The van der Waals surface area contributed by atoms with Crippen LogP contribution in [0, 0.1) is 0 Å². The summed E-state index contributed by atoms with van der Waals surface area (Å²) >= 11 is 1.54. The molecule has 0 aliphatic heterocycles. The minimum Gasteiger partial charge on any atom is -0.494 e. The lowest BCUT2D eigenvalue weighted by Crippen LogP contribution is -2.25. The molecule has 0 fully saturated rings. The lowest BCUT2D eigenvalue weighted by Gasteiger charge is -2.14. The number of ether oxygens (including phenoxy) is 2. The lowest BCUT2D eigenvalue weighted by molar-refractivity contribution is 0.183. The Kier molecular flexibility index (Phi) is 6.30. The standard InChI is InChI=1S/C20H22N2O3S/c1-3-25-18-11-7-4-8-15(18)14-26-20-21-17-10-6-5-9-16(17)19(23)22(20)12-13-24-2/h4-11H,3,12-14H2,1-2H3. The van der Waals surface area contributed by atoms with E-state index in [1.54, 1.807) is 11.7 Å². The zero-order chi connectivity index (χ0) is 18.4. The van der Waals surface area contributed by atoms with Crippen LogP contribution in [0.4, 0.5) is 0 Å². The van der Waals surface area contributed by atoms with Crippen LogP contribution in [-0.4, -0.2) is 29.9 Å². The topological polar surface area (TPSA) is 53.3 Å². The fourth-order valence-corrected chi connectivity index (χ4v) is 3.72. The van der Waals surface area contributed by atoms with E-state index >= 15 is 0 Å². The smallest absolute Gasteiger partial charge is 0.262 e. The van der Waals surface area contributed by atoms with E-state index < -0.39 is 0 Å². The van der Waals surface area contributed by atoms with E-state index in [1.807, 2.05) is 55.5 Å². The van der Waals surface area contributed by atoms with Crippen molar-refractivity contribution in [2.45, 2.75) is 24.4 Å². The summed E-state index contributed by atoms with van der Waals surface area (Å²) in [6.07, 6.45) is 0. The molecule has 0 atom stereocenters. The number of benzene rings is 2. The molecule has 0 saturated heterocycles. The van der Waals surface area contributed by atoms with Crippen LogP contribution in [0.25, 0.3) is 10.9 Å². The molecule has 5 nitrogen and oxygen atoms in total. The Labute approximate surface area is 157 Å². The van der Waals surface area contributed by atoms with Crippen LogP contribution < -0.4 is 10.3 Å². The predicted molar refractivity (Wildman–Crippen MR) is 105 cm³/mol. The molecule has 1 heterocycles. The highest BCUT2D eigenvalue weighted by Gasteiger charge is 2.12. The molecule has 0 aliphatic carbocycles. The van der Waals surface area contributed by atoms with Gasteiger partial charge < -0.3 is 9.47 Å². The van der Waals surface area contributed by atoms with Crippen LogP contribution in [0.15, 0.2) is 58.5 Å². The molecule has 6 heteroatoms. The second-order valence-electron chi connectivity index (χ2n) is 5.69. The molecule has 26 heavy (non-hydrogen) atoms. The average Bonchev–Trinajstić information content (AvgIpc) is 2.67. The number of fused-ring (bicyclic) bond motifs is 1. The molecule has 3 aromatic rings. The highest BCUT2D eigenvalue weighted by atomic mass is 32.2. The summed E-state index contributed by atoms with van der Waals surface area (Å²) in [5, 5.41) is 1.32. The fourth-order valence-electron chi connectivity index (χ4n) is 2.70. The summed E-state index contributed by atoms with van der Waals surface area (Å²) in [5.74, 6) is 1.54. The quantitative estimate of drug-likeness (QED) is 0.447. The molecule has 136 valence electrons. The van der Waals surface area contributed by atoms with Crippen LogP contribution in [0.3, 0.4) is 0 Å². The summed E-state index contributed by atoms with van der Waals surface area (Å²) in [7, 11) is 1.63. The van der Waals surface area contributed by atoms with Crippen molar-refractivity contribution in [2.75, 3.05) is 20.3 Å². The van der Waals surface area contributed by atoms with Crippen LogP contribution in [0.1, 0.15) is 12.5 Å².